The van der Waals surface area contributed by atoms with Crippen LogP contribution in [0.3, 0.4) is 0 Å². The lowest BCUT2D eigenvalue weighted by Crippen LogP contribution is -2.38. The summed E-state index contributed by atoms with van der Waals surface area (Å²) in [6.45, 7) is 3.66. The third-order valence-corrected chi connectivity index (χ3v) is 7.23. The fraction of sp³-hybridized carbons (Fsp3) is 0.357. The van der Waals surface area contributed by atoms with Gasteiger partial charge in [-0.3, -0.25) is 9.59 Å². The van der Waals surface area contributed by atoms with E-state index in [1.165, 1.54) is 4.90 Å². The van der Waals surface area contributed by atoms with Crippen molar-refractivity contribution < 1.29 is 19.4 Å². The normalized spacial score (nSPS) is 16.5. The van der Waals surface area contributed by atoms with Gasteiger partial charge in [-0.25, -0.2) is 9.97 Å². The van der Waals surface area contributed by atoms with Crippen LogP contribution in [-0.4, -0.2) is 51.5 Å². The number of carbonyl (C=O) groups excluding carboxylic acids is 2. The van der Waals surface area contributed by atoms with Crippen LogP contribution in [0.1, 0.15) is 53.1 Å². The topological polar surface area (TPSA) is 105 Å². The molecule has 2 amide bonds. The Balaban J connectivity index is 1.27. The van der Waals surface area contributed by atoms with E-state index in [1.807, 2.05) is 25.1 Å². The first-order chi connectivity index (χ1) is 17.9. The van der Waals surface area contributed by atoms with E-state index in [1.54, 1.807) is 30.5 Å². The Morgan fingerprint density at radius 2 is 2.05 bits per heavy atom. The Morgan fingerprint density at radius 1 is 1.24 bits per heavy atom. The molecule has 1 aromatic heterocycles. The maximum atomic E-state index is 13.2. The number of hydrogen-bond donors (Lipinski definition) is 2. The van der Waals surface area contributed by atoms with Crippen molar-refractivity contribution in [2.75, 3.05) is 19.8 Å². The number of ether oxygens (including phenoxy) is 1. The van der Waals surface area contributed by atoms with Crippen LogP contribution in [-0.2, 0) is 22.5 Å². The van der Waals surface area contributed by atoms with E-state index in [4.69, 9.17) is 21.3 Å². The molecule has 2 N–H and O–H groups in total. The molecule has 0 radical (unpaired) electrons. The number of aromatic hydroxyl groups is 1. The molecule has 0 unspecified atom stereocenters. The lowest BCUT2D eigenvalue weighted by atomic mass is 9.96. The number of amides is 2. The summed E-state index contributed by atoms with van der Waals surface area (Å²) in [7, 11) is 0. The molecule has 0 aliphatic carbocycles. The van der Waals surface area contributed by atoms with Gasteiger partial charge in [0, 0.05) is 43.5 Å². The molecular weight excluding hydrogens is 492 g/mol. The summed E-state index contributed by atoms with van der Waals surface area (Å²) in [6.07, 6.45) is 4.37. The number of rotatable bonds is 7. The van der Waals surface area contributed by atoms with Crippen molar-refractivity contribution in [2.24, 2.45) is 5.92 Å². The van der Waals surface area contributed by atoms with Crippen LogP contribution in [0, 0.1) is 5.92 Å². The summed E-state index contributed by atoms with van der Waals surface area (Å²) < 4.78 is 5.45. The van der Waals surface area contributed by atoms with Gasteiger partial charge in [0.05, 0.1) is 16.8 Å². The molecule has 37 heavy (non-hydrogen) atoms. The number of halogens is 1. The first-order valence-electron chi connectivity index (χ1n) is 12.5. The maximum Gasteiger partial charge on any atom is 0.254 e. The van der Waals surface area contributed by atoms with Crippen LogP contribution >= 0.6 is 11.6 Å². The predicted molar refractivity (Wildman–Crippen MR) is 139 cm³/mol. The zero-order valence-electron chi connectivity index (χ0n) is 20.6. The summed E-state index contributed by atoms with van der Waals surface area (Å²) in [6, 6.07) is 12.0. The molecule has 2 aromatic carbocycles. The van der Waals surface area contributed by atoms with Gasteiger partial charge in [0.15, 0.2) is 0 Å². The van der Waals surface area contributed by atoms with Gasteiger partial charge in [-0.15, -0.1) is 0 Å². The molecule has 8 nitrogen and oxygen atoms in total. The molecule has 1 atom stereocenters. The second-order valence-corrected chi connectivity index (χ2v) is 10.1. The predicted octanol–water partition coefficient (Wildman–Crippen LogP) is 4.30. The Hall–Kier alpha value is -3.49. The zero-order chi connectivity index (χ0) is 25.9. The summed E-state index contributed by atoms with van der Waals surface area (Å²) in [4.78, 5) is 36.5. The maximum absolute atomic E-state index is 13.2. The van der Waals surface area contributed by atoms with Gasteiger partial charge in [0.25, 0.3) is 5.91 Å². The van der Waals surface area contributed by atoms with Gasteiger partial charge in [-0.05, 0) is 55.0 Å². The number of benzene rings is 2. The lowest BCUT2D eigenvalue weighted by molar-refractivity contribution is -0.122. The number of fused-ring (bicyclic) bond motifs is 1. The van der Waals surface area contributed by atoms with Crippen LogP contribution in [0.15, 0.2) is 48.7 Å². The van der Waals surface area contributed by atoms with E-state index in [0.717, 1.165) is 55.0 Å². The van der Waals surface area contributed by atoms with Crippen molar-refractivity contribution in [1.29, 1.82) is 0 Å². The molecule has 2 aliphatic rings. The minimum Gasteiger partial charge on any atom is -0.508 e. The Bertz CT molecular complexity index is 1330. The molecule has 9 heteroatoms. The number of phenolic OH excluding ortho intramolecular Hbond substituents is 1. The number of nitrogens with one attached hydrogen (secondary N) is 1. The van der Waals surface area contributed by atoms with Crippen molar-refractivity contribution in [3.63, 3.8) is 0 Å². The zero-order valence-corrected chi connectivity index (χ0v) is 21.4. The average Bonchev–Trinajstić information content (AvgIpc) is 3.20. The van der Waals surface area contributed by atoms with Crippen molar-refractivity contribution in [1.82, 2.24) is 20.2 Å². The van der Waals surface area contributed by atoms with Crippen LogP contribution in [0.5, 0.6) is 5.75 Å². The highest BCUT2D eigenvalue weighted by atomic mass is 35.5. The van der Waals surface area contributed by atoms with E-state index < -0.39 is 0 Å². The third kappa shape index (κ3) is 5.76. The summed E-state index contributed by atoms with van der Waals surface area (Å²) in [5.74, 6) is 0.883. The number of carbonyl (C=O) groups is 2. The van der Waals surface area contributed by atoms with Crippen molar-refractivity contribution in [3.05, 3.63) is 76.2 Å². The minimum atomic E-state index is -0.304. The molecule has 0 saturated carbocycles. The average molecular weight is 521 g/mol. The molecular formula is C28H29ClN4O4. The molecule has 1 saturated heterocycles. The second-order valence-electron chi connectivity index (χ2n) is 9.66. The van der Waals surface area contributed by atoms with Gasteiger partial charge in [0.2, 0.25) is 5.91 Å². The molecule has 0 spiro atoms. The van der Waals surface area contributed by atoms with Crippen molar-refractivity contribution >= 4 is 23.4 Å². The van der Waals surface area contributed by atoms with Gasteiger partial charge in [-0.1, -0.05) is 35.9 Å². The highest BCUT2D eigenvalue weighted by Crippen LogP contribution is 2.31. The Morgan fingerprint density at radius 3 is 2.84 bits per heavy atom. The van der Waals surface area contributed by atoms with Gasteiger partial charge in [-0.2, -0.15) is 0 Å². The highest BCUT2D eigenvalue weighted by molar-refractivity contribution is 6.32. The molecule has 3 aromatic rings. The van der Waals surface area contributed by atoms with Gasteiger partial charge >= 0.3 is 0 Å². The smallest absolute Gasteiger partial charge is 0.254 e. The third-order valence-electron chi connectivity index (χ3n) is 6.95. The van der Waals surface area contributed by atoms with Gasteiger partial charge in [0.1, 0.15) is 18.1 Å². The molecule has 0 bridgehead atoms. The fourth-order valence-corrected chi connectivity index (χ4v) is 5.09. The number of nitrogens with zero attached hydrogens (tertiary/aromatic N) is 3. The summed E-state index contributed by atoms with van der Waals surface area (Å²) in [5.41, 5.74) is 3.54. The summed E-state index contributed by atoms with van der Waals surface area (Å²) >= 11 is 6.46. The SMILES string of the molecule is C[C@@H](NC(=O)CN1Cc2ccc(-c3nc(CC4CCOCC4)ncc3Cl)cc2C1=O)c1cccc(O)c1. The standard InChI is InChI=1S/C28H29ClN4O4/c1-17(19-3-2-4-22(34)12-19)31-26(35)16-33-15-21-6-5-20(13-23(21)28(33)36)27-24(29)14-30-25(32-27)11-18-7-9-37-10-8-18/h2-6,12-14,17-18,34H,7-11,15-16H2,1H3,(H,31,35)/t17-/m1/s1. The molecule has 192 valence electrons. The number of phenols is 1. The van der Waals surface area contributed by atoms with E-state index >= 15 is 0 Å². The molecule has 2 aliphatic heterocycles. The van der Waals surface area contributed by atoms with E-state index in [0.29, 0.717) is 28.7 Å². The van der Waals surface area contributed by atoms with Crippen molar-refractivity contribution in [3.8, 4) is 17.0 Å². The molecule has 5 rings (SSSR count). The van der Waals surface area contributed by atoms with Crippen LogP contribution in [0.25, 0.3) is 11.3 Å². The highest BCUT2D eigenvalue weighted by Gasteiger charge is 2.30. The summed E-state index contributed by atoms with van der Waals surface area (Å²) in [5, 5.41) is 13.0. The monoisotopic (exact) mass is 520 g/mol. The van der Waals surface area contributed by atoms with E-state index in [-0.39, 0.29) is 30.2 Å². The van der Waals surface area contributed by atoms with Crippen LogP contribution < -0.4 is 5.32 Å². The fourth-order valence-electron chi connectivity index (χ4n) is 4.89. The Labute approximate surface area is 220 Å². The van der Waals surface area contributed by atoms with Crippen LogP contribution in [0.4, 0.5) is 0 Å². The minimum absolute atomic E-state index is 0.0600. The first-order valence-corrected chi connectivity index (χ1v) is 12.8. The first kappa shape index (κ1) is 25.2. The molecule has 3 heterocycles. The van der Waals surface area contributed by atoms with Crippen molar-refractivity contribution in [2.45, 2.75) is 38.8 Å². The van der Waals surface area contributed by atoms with Crippen LogP contribution in [0.2, 0.25) is 5.02 Å². The lowest BCUT2D eigenvalue weighted by Gasteiger charge is -2.21. The largest absolute Gasteiger partial charge is 0.508 e. The quantitative estimate of drug-likeness (QED) is 0.481. The van der Waals surface area contributed by atoms with Gasteiger partial charge < -0.3 is 20.1 Å². The number of hydrogen-bond acceptors (Lipinski definition) is 6. The Kier molecular flexibility index (Phi) is 7.39. The second kappa shape index (κ2) is 10.9. The van der Waals surface area contributed by atoms with E-state index in [2.05, 4.69) is 10.3 Å². The molecule has 1 fully saturated rings. The number of aromatic nitrogens is 2. The van der Waals surface area contributed by atoms with E-state index in [9.17, 15) is 14.7 Å².